The maximum Gasteiger partial charge on any atom is 0.257 e. The molecule has 0 bridgehead atoms. The lowest BCUT2D eigenvalue weighted by molar-refractivity contribution is 0.102. The van der Waals surface area contributed by atoms with Crippen molar-refractivity contribution in [2.75, 3.05) is 5.32 Å². The summed E-state index contributed by atoms with van der Waals surface area (Å²) in [5.41, 5.74) is 2.02. The summed E-state index contributed by atoms with van der Waals surface area (Å²) in [7, 11) is 0. The van der Waals surface area contributed by atoms with Gasteiger partial charge in [0.05, 0.1) is 11.3 Å². The highest BCUT2D eigenvalue weighted by Gasteiger charge is 2.12. The van der Waals surface area contributed by atoms with Crippen molar-refractivity contribution < 1.29 is 4.79 Å². The molecule has 0 aliphatic carbocycles. The molecule has 0 fully saturated rings. The van der Waals surface area contributed by atoms with Gasteiger partial charge in [-0.3, -0.25) is 9.59 Å². The largest absolute Gasteiger partial charge is 0.360 e. The van der Waals surface area contributed by atoms with Crippen molar-refractivity contribution in [3.05, 3.63) is 64.7 Å². The number of hydrogen-bond donors (Lipinski definition) is 2. The molecule has 2 aromatic heterocycles. The summed E-state index contributed by atoms with van der Waals surface area (Å²) in [6.07, 6.45) is 3.34. The van der Waals surface area contributed by atoms with Crippen molar-refractivity contribution in [1.29, 1.82) is 0 Å². The van der Waals surface area contributed by atoms with Crippen molar-refractivity contribution in [3.8, 4) is 0 Å². The van der Waals surface area contributed by atoms with E-state index in [0.717, 1.165) is 10.9 Å². The number of H-pyrrole nitrogens is 1. The highest BCUT2D eigenvalue weighted by Crippen LogP contribution is 2.18. The van der Waals surface area contributed by atoms with Crippen LogP contribution in [0.3, 0.4) is 0 Å². The third-order valence-electron chi connectivity index (χ3n) is 3.42. The van der Waals surface area contributed by atoms with Gasteiger partial charge < -0.3 is 14.9 Å². The first-order valence-electron chi connectivity index (χ1n) is 6.77. The number of rotatable bonds is 3. The Morgan fingerprint density at radius 2 is 2.05 bits per heavy atom. The zero-order valence-electron chi connectivity index (χ0n) is 11.6. The fraction of sp³-hybridized carbons (Fsp3) is 0.125. The van der Waals surface area contributed by atoms with Crippen molar-refractivity contribution in [2.24, 2.45) is 0 Å². The molecule has 3 aromatic rings. The predicted octanol–water partition coefficient (Wildman–Crippen LogP) is 2.60. The van der Waals surface area contributed by atoms with Gasteiger partial charge in [0.1, 0.15) is 0 Å². The van der Waals surface area contributed by atoms with Gasteiger partial charge in [0, 0.05) is 35.9 Å². The van der Waals surface area contributed by atoms with E-state index in [2.05, 4.69) is 10.3 Å². The molecule has 0 spiro atoms. The lowest BCUT2D eigenvalue weighted by atomic mass is 10.1. The quantitative estimate of drug-likeness (QED) is 0.775. The SMILES string of the molecule is CCn1cc(NC(=O)c2c[nH]c3ccccc23)ccc1=O. The second kappa shape index (κ2) is 5.28. The minimum absolute atomic E-state index is 0.0809. The van der Waals surface area contributed by atoms with Crippen LogP contribution in [0, 0.1) is 0 Å². The zero-order valence-corrected chi connectivity index (χ0v) is 11.6. The molecule has 3 rings (SSSR count). The monoisotopic (exact) mass is 281 g/mol. The van der Waals surface area contributed by atoms with Gasteiger partial charge in [-0.2, -0.15) is 0 Å². The topological polar surface area (TPSA) is 66.9 Å². The van der Waals surface area contributed by atoms with Gasteiger partial charge in [0.15, 0.2) is 0 Å². The highest BCUT2D eigenvalue weighted by atomic mass is 16.1. The number of hydrogen-bond acceptors (Lipinski definition) is 2. The first-order valence-corrected chi connectivity index (χ1v) is 6.77. The fourth-order valence-corrected chi connectivity index (χ4v) is 2.31. The van der Waals surface area contributed by atoms with Gasteiger partial charge in [-0.1, -0.05) is 18.2 Å². The summed E-state index contributed by atoms with van der Waals surface area (Å²) in [4.78, 5) is 27.0. The molecule has 5 heteroatoms. The Hall–Kier alpha value is -2.82. The molecule has 5 nitrogen and oxygen atoms in total. The maximum absolute atomic E-state index is 12.4. The number of carbonyl (C=O) groups excluding carboxylic acids is 1. The van der Waals surface area contributed by atoms with Crippen LogP contribution in [0.25, 0.3) is 10.9 Å². The molecule has 0 radical (unpaired) electrons. The number of amides is 1. The van der Waals surface area contributed by atoms with Crippen molar-refractivity contribution in [3.63, 3.8) is 0 Å². The van der Waals surface area contributed by atoms with Gasteiger partial charge in [0.2, 0.25) is 0 Å². The van der Waals surface area contributed by atoms with E-state index in [4.69, 9.17) is 0 Å². The molecular formula is C16H15N3O2. The molecule has 21 heavy (non-hydrogen) atoms. The predicted molar refractivity (Wildman–Crippen MR) is 82.6 cm³/mol. The summed E-state index contributed by atoms with van der Waals surface area (Å²) in [5, 5.41) is 3.69. The number of para-hydroxylation sites is 1. The number of aromatic nitrogens is 2. The minimum Gasteiger partial charge on any atom is -0.360 e. The lowest BCUT2D eigenvalue weighted by Gasteiger charge is -2.07. The van der Waals surface area contributed by atoms with Crippen LogP contribution in [0.15, 0.2) is 53.6 Å². The van der Waals surface area contributed by atoms with E-state index in [9.17, 15) is 9.59 Å². The summed E-state index contributed by atoms with van der Waals surface area (Å²) < 4.78 is 1.55. The van der Waals surface area contributed by atoms with Gasteiger partial charge in [-0.15, -0.1) is 0 Å². The number of pyridine rings is 1. The fourth-order valence-electron chi connectivity index (χ4n) is 2.31. The molecule has 0 saturated heterocycles. The molecule has 2 heterocycles. The number of nitrogens with one attached hydrogen (secondary N) is 2. The molecule has 2 N–H and O–H groups in total. The average Bonchev–Trinajstić information content (AvgIpc) is 2.93. The number of aryl methyl sites for hydroxylation is 1. The first-order chi connectivity index (χ1) is 10.2. The van der Waals surface area contributed by atoms with E-state index in [1.54, 1.807) is 23.0 Å². The molecule has 1 aromatic carbocycles. The average molecular weight is 281 g/mol. The number of anilines is 1. The normalized spacial score (nSPS) is 10.7. The lowest BCUT2D eigenvalue weighted by Crippen LogP contribution is -2.19. The summed E-state index contributed by atoms with van der Waals surface area (Å²) >= 11 is 0. The van der Waals surface area contributed by atoms with Crippen LogP contribution >= 0.6 is 0 Å². The maximum atomic E-state index is 12.4. The zero-order chi connectivity index (χ0) is 14.8. The number of benzene rings is 1. The molecule has 0 aliphatic rings. The number of fused-ring (bicyclic) bond motifs is 1. The van der Waals surface area contributed by atoms with Crippen LogP contribution in [0.4, 0.5) is 5.69 Å². The number of aromatic amines is 1. The Morgan fingerprint density at radius 3 is 2.86 bits per heavy atom. The summed E-state index contributed by atoms with van der Waals surface area (Å²) in [6, 6.07) is 10.7. The smallest absolute Gasteiger partial charge is 0.257 e. The molecule has 0 saturated carbocycles. The van der Waals surface area contributed by atoms with Crippen LogP contribution < -0.4 is 10.9 Å². The molecule has 0 atom stereocenters. The van der Waals surface area contributed by atoms with Crippen LogP contribution in [0.1, 0.15) is 17.3 Å². The van der Waals surface area contributed by atoms with Gasteiger partial charge in [0.25, 0.3) is 11.5 Å². The van der Waals surface area contributed by atoms with E-state index in [-0.39, 0.29) is 11.5 Å². The van der Waals surface area contributed by atoms with Gasteiger partial charge in [-0.25, -0.2) is 0 Å². The molecule has 0 aliphatic heterocycles. The van der Waals surface area contributed by atoms with Crippen LogP contribution in [0.5, 0.6) is 0 Å². The van der Waals surface area contributed by atoms with E-state index >= 15 is 0 Å². The minimum atomic E-state index is -0.200. The Bertz CT molecular complexity index is 861. The third-order valence-corrected chi connectivity index (χ3v) is 3.42. The summed E-state index contributed by atoms with van der Waals surface area (Å²) in [6.45, 7) is 2.45. The Labute approximate surface area is 121 Å². The molecular weight excluding hydrogens is 266 g/mol. The number of carbonyl (C=O) groups is 1. The highest BCUT2D eigenvalue weighted by molar-refractivity contribution is 6.12. The van der Waals surface area contributed by atoms with Crippen LogP contribution in [-0.2, 0) is 6.54 Å². The van der Waals surface area contributed by atoms with E-state index in [1.165, 1.54) is 6.07 Å². The standard InChI is InChI=1S/C16H15N3O2/c1-2-19-10-11(7-8-15(19)20)18-16(21)13-9-17-14-6-4-3-5-12(13)14/h3-10,17H,2H2,1H3,(H,18,21). The molecule has 106 valence electrons. The van der Waals surface area contributed by atoms with Crippen molar-refractivity contribution in [1.82, 2.24) is 9.55 Å². The Morgan fingerprint density at radius 1 is 1.24 bits per heavy atom. The van der Waals surface area contributed by atoms with Crippen LogP contribution in [-0.4, -0.2) is 15.5 Å². The second-order valence-electron chi connectivity index (χ2n) is 4.74. The van der Waals surface area contributed by atoms with Crippen molar-refractivity contribution in [2.45, 2.75) is 13.5 Å². The molecule has 0 unspecified atom stereocenters. The van der Waals surface area contributed by atoms with Gasteiger partial charge in [-0.05, 0) is 19.1 Å². The third kappa shape index (κ3) is 2.45. The van der Waals surface area contributed by atoms with E-state index in [0.29, 0.717) is 17.8 Å². The van der Waals surface area contributed by atoms with E-state index in [1.807, 2.05) is 31.2 Å². The van der Waals surface area contributed by atoms with Gasteiger partial charge >= 0.3 is 0 Å². The Kier molecular flexibility index (Phi) is 3.31. The summed E-state index contributed by atoms with van der Waals surface area (Å²) in [5.74, 6) is -0.200. The Balaban J connectivity index is 1.91. The van der Waals surface area contributed by atoms with Crippen LogP contribution in [0.2, 0.25) is 0 Å². The van der Waals surface area contributed by atoms with E-state index < -0.39 is 0 Å². The first kappa shape index (κ1) is 13.2. The van der Waals surface area contributed by atoms with Crippen molar-refractivity contribution >= 4 is 22.5 Å². The number of nitrogens with zero attached hydrogens (tertiary/aromatic N) is 1. The second-order valence-corrected chi connectivity index (χ2v) is 4.74. The molecule has 1 amide bonds.